The molecule has 6 nitrogen and oxygen atoms in total. The fourth-order valence-electron chi connectivity index (χ4n) is 4.17. The summed E-state index contributed by atoms with van der Waals surface area (Å²) < 4.78 is 32.7. The monoisotopic (exact) mass is 388 g/mol. The first-order valence-corrected chi connectivity index (χ1v) is 10.3. The van der Waals surface area contributed by atoms with E-state index in [1.165, 1.54) is 23.5 Å². The molecule has 3 rings (SSSR count). The lowest BCUT2D eigenvalue weighted by Crippen LogP contribution is -2.62. The Kier molecular flexibility index (Phi) is 5.33. The van der Waals surface area contributed by atoms with E-state index >= 15 is 0 Å². The minimum absolute atomic E-state index is 0.0310. The van der Waals surface area contributed by atoms with E-state index in [1.54, 1.807) is 6.07 Å². The molecule has 0 bridgehead atoms. The van der Waals surface area contributed by atoms with Crippen molar-refractivity contribution in [3.05, 3.63) is 23.2 Å². The molecule has 2 aliphatic rings. The van der Waals surface area contributed by atoms with Crippen molar-refractivity contribution in [2.24, 2.45) is 5.41 Å². The van der Waals surface area contributed by atoms with E-state index in [0.29, 0.717) is 25.3 Å². The highest BCUT2D eigenvalue weighted by Gasteiger charge is 2.48. The van der Waals surface area contributed by atoms with E-state index < -0.39 is 10.0 Å². The average Bonchev–Trinajstić information content (AvgIpc) is 2.61. The van der Waals surface area contributed by atoms with Crippen LogP contribution in [0.2, 0.25) is 5.02 Å². The number of nitrogens with zero attached hydrogens (tertiary/aromatic N) is 2. The number of aliphatic hydroxyl groups is 1. The van der Waals surface area contributed by atoms with Crippen LogP contribution in [-0.2, 0) is 10.0 Å². The van der Waals surface area contributed by atoms with Gasteiger partial charge in [-0.25, -0.2) is 8.42 Å². The van der Waals surface area contributed by atoms with Crippen LogP contribution in [0.1, 0.15) is 19.3 Å². The van der Waals surface area contributed by atoms with E-state index in [-0.39, 0.29) is 28.0 Å². The first kappa shape index (κ1) is 18.9. The second-order valence-electron chi connectivity index (χ2n) is 7.03. The van der Waals surface area contributed by atoms with Crippen LogP contribution >= 0.6 is 11.6 Å². The van der Waals surface area contributed by atoms with Crippen molar-refractivity contribution in [3.63, 3.8) is 0 Å². The molecule has 2 atom stereocenters. The summed E-state index contributed by atoms with van der Waals surface area (Å²) in [7, 11) is -0.131. The number of benzene rings is 1. The molecule has 0 unspecified atom stereocenters. The topological polar surface area (TPSA) is 70.1 Å². The van der Waals surface area contributed by atoms with Gasteiger partial charge in [-0.15, -0.1) is 0 Å². The molecule has 2 aliphatic heterocycles. The van der Waals surface area contributed by atoms with Gasteiger partial charge in [0.2, 0.25) is 10.0 Å². The molecular weight excluding hydrogens is 364 g/mol. The zero-order chi connectivity index (χ0) is 18.2. The molecule has 0 saturated carbocycles. The number of ether oxygens (including phenoxy) is 1. The maximum absolute atomic E-state index is 13.1. The summed E-state index contributed by atoms with van der Waals surface area (Å²) in [5, 5.41) is 10.2. The molecule has 1 N–H and O–H groups in total. The van der Waals surface area contributed by atoms with Crippen molar-refractivity contribution in [2.75, 3.05) is 40.4 Å². The van der Waals surface area contributed by atoms with Gasteiger partial charge >= 0.3 is 0 Å². The Morgan fingerprint density at radius 3 is 2.76 bits per heavy atom. The highest BCUT2D eigenvalue weighted by atomic mass is 35.5. The molecule has 2 heterocycles. The molecule has 0 aliphatic carbocycles. The summed E-state index contributed by atoms with van der Waals surface area (Å²) >= 11 is 6.10. The molecule has 0 aromatic heterocycles. The Morgan fingerprint density at radius 1 is 1.36 bits per heavy atom. The Bertz CT molecular complexity index is 742. The van der Waals surface area contributed by atoms with Crippen LogP contribution < -0.4 is 4.74 Å². The maximum Gasteiger partial charge on any atom is 0.243 e. The van der Waals surface area contributed by atoms with E-state index in [4.69, 9.17) is 16.3 Å². The molecule has 140 valence electrons. The first-order chi connectivity index (χ1) is 11.8. The Labute approximate surface area is 154 Å². The largest absolute Gasteiger partial charge is 0.495 e. The van der Waals surface area contributed by atoms with Crippen molar-refractivity contribution >= 4 is 21.6 Å². The normalized spacial score (nSPS) is 28.6. The SMILES string of the molecule is COc1ccc(S(=O)(=O)N2CC[C@@]3(CO)CCCN(C)[C@@H]3C2)cc1Cl. The third-order valence-corrected chi connectivity index (χ3v) is 7.89. The Hall–Kier alpha value is -0.860. The fourth-order valence-corrected chi connectivity index (χ4v) is 5.96. The fraction of sp³-hybridized carbons (Fsp3) is 0.647. The lowest BCUT2D eigenvalue weighted by atomic mass is 9.69. The zero-order valence-corrected chi connectivity index (χ0v) is 16.2. The number of hydrogen-bond donors (Lipinski definition) is 1. The third-order valence-electron chi connectivity index (χ3n) is 5.74. The first-order valence-electron chi connectivity index (χ1n) is 8.49. The zero-order valence-electron chi connectivity index (χ0n) is 14.6. The smallest absolute Gasteiger partial charge is 0.243 e. The number of likely N-dealkylation sites (N-methyl/N-ethyl adjacent to an activating group) is 1. The summed E-state index contributed by atoms with van der Waals surface area (Å²) in [6.45, 7) is 1.83. The highest BCUT2D eigenvalue weighted by molar-refractivity contribution is 7.89. The van der Waals surface area contributed by atoms with Crippen LogP contribution in [0.25, 0.3) is 0 Å². The van der Waals surface area contributed by atoms with Gasteiger partial charge in [-0.2, -0.15) is 4.31 Å². The molecule has 0 amide bonds. The van der Waals surface area contributed by atoms with Crippen molar-refractivity contribution in [3.8, 4) is 5.75 Å². The van der Waals surface area contributed by atoms with E-state index in [1.807, 2.05) is 7.05 Å². The Morgan fingerprint density at radius 2 is 2.12 bits per heavy atom. The van der Waals surface area contributed by atoms with Gasteiger partial charge in [-0.3, -0.25) is 0 Å². The average molecular weight is 389 g/mol. The third kappa shape index (κ3) is 3.28. The van der Waals surface area contributed by atoms with E-state index in [0.717, 1.165) is 19.4 Å². The van der Waals surface area contributed by atoms with Gasteiger partial charge in [0, 0.05) is 24.5 Å². The number of piperidine rings is 2. The molecular formula is C17H25ClN2O4S. The van der Waals surface area contributed by atoms with Crippen LogP contribution in [-0.4, -0.2) is 69.2 Å². The number of hydrogen-bond acceptors (Lipinski definition) is 5. The number of likely N-dealkylation sites (tertiary alicyclic amines) is 1. The summed E-state index contributed by atoms with van der Waals surface area (Å²) in [4.78, 5) is 2.36. The summed E-state index contributed by atoms with van der Waals surface area (Å²) in [5.74, 6) is 0.450. The lowest BCUT2D eigenvalue weighted by Gasteiger charge is -2.53. The van der Waals surface area contributed by atoms with Crippen molar-refractivity contribution < 1.29 is 18.3 Å². The summed E-state index contributed by atoms with van der Waals surface area (Å²) in [6, 6.07) is 4.57. The van der Waals surface area contributed by atoms with Crippen LogP contribution in [0.4, 0.5) is 0 Å². The number of sulfonamides is 1. The number of rotatable bonds is 4. The van der Waals surface area contributed by atoms with Gasteiger partial charge in [0.25, 0.3) is 0 Å². The quantitative estimate of drug-likeness (QED) is 0.851. The van der Waals surface area contributed by atoms with Crippen molar-refractivity contribution in [1.82, 2.24) is 9.21 Å². The van der Waals surface area contributed by atoms with E-state index in [9.17, 15) is 13.5 Å². The molecule has 8 heteroatoms. The highest BCUT2D eigenvalue weighted by Crippen LogP contribution is 2.42. The van der Waals surface area contributed by atoms with Crippen LogP contribution in [0.5, 0.6) is 5.75 Å². The maximum atomic E-state index is 13.1. The van der Waals surface area contributed by atoms with Crippen molar-refractivity contribution in [1.29, 1.82) is 0 Å². The van der Waals surface area contributed by atoms with Crippen LogP contribution in [0.15, 0.2) is 23.1 Å². The van der Waals surface area contributed by atoms with Crippen LogP contribution in [0, 0.1) is 5.41 Å². The van der Waals surface area contributed by atoms with Gasteiger partial charge in [0.15, 0.2) is 0 Å². The molecule has 0 spiro atoms. The van der Waals surface area contributed by atoms with Crippen molar-refractivity contribution in [2.45, 2.75) is 30.2 Å². The standard InChI is InChI=1S/C17H25ClN2O4S/c1-19-8-3-6-17(12-21)7-9-20(11-16(17)19)25(22,23)13-4-5-15(24-2)14(18)10-13/h4-5,10,16,21H,3,6-9,11-12H2,1-2H3/t16-,17-/m1/s1. The minimum Gasteiger partial charge on any atom is -0.495 e. The minimum atomic E-state index is -3.63. The van der Waals surface area contributed by atoms with Gasteiger partial charge in [0.1, 0.15) is 5.75 Å². The second kappa shape index (κ2) is 7.04. The van der Waals surface area contributed by atoms with Gasteiger partial charge < -0.3 is 14.7 Å². The molecule has 1 aromatic carbocycles. The summed E-state index contributed by atoms with van der Waals surface area (Å²) in [6.07, 6.45) is 2.65. The molecule has 2 fully saturated rings. The van der Waals surface area contributed by atoms with Gasteiger partial charge in [-0.1, -0.05) is 11.6 Å². The van der Waals surface area contributed by atoms with Crippen LogP contribution in [0.3, 0.4) is 0 Å². The van der Waals surface area contributed by atoms with Gasteiger partial charge in [0.05, 0.1) is 23.6 Å². The summed E-state index contributed by atoms with van der Waals surface area (Å²) in [5.41, 5.74) is -0.198. The second-order valence-corrected chi connectivity index (χ2v) is 9.37. The molecule has 25 heavy (non-hydrogen) atoms. The molecule has 1 aromatic rings. The van der Waals surface area contributed by atoms with Gasteiger partial charge in [-0.05, 0) is 51.1 Å². The molecule has 0 radical (unpaired) electrons. The lowest BCUT2D eigenvalue weighted by molar-refractivity contribution is -0.0508. The number of halogens is 1. The van der Waals surface area contributed by atoms with E-state index in [2.05, 4.69) is 4.90 Å². The Balaban J connectivity index is 1.88. The number of methoxy groups -OCH3 is 1. The predicted molar refractivity (Wildman–Crippen MR) is 96.6 cm³/mol. The number of fused-ring (bicyclic) bond motifs is 1. The molecule has 2 saturated heterocycles. The predicted octanol–water partition coefficient (Wildman–Crippen LogP) is 1.82. The number of aliphatic hydroxyl groups excluding tert-OH is 1.